The van der Waals surface area contributed by atoms with Crippen LogP contribution >= 0.6 is 0 Å². The van der Waals surface area contributed by atoms with Gasteiger partial charge in [-0.15, -0.1) is 0 Å². The van der Waals surface area contributed by atoms with Gasteiger partial charge in [-0.25, -0.2) is 0 Å². The Morgan fingerprint density at radius 1 is 1.33 bits per heavy atom. The van der Waals surface area contributed by atoms with Gasteiger partial charge in [-0.05, 0) is 37.5 Å². The van der Waals surface area contributed by atoms with Gasteiger partial charge in [-0.2, -0.15) is 0 Å². The first-order valence-electron chi connectivity index (χ1n) is 7.66. The van der Waals surface area contributed by atoms with Crippen LogP contribution in [0, 0.1) is 0 Å². The number of carbonyl (C=O) groups excluding carboxylic acids is 1. The zero-order valence-electron chi connectivity index (χ0n) is 12.8. The van der Waals surface area contributed by atoms with Gasteiger partial charge in [0.05, 0.1) is 11.4 Å². The molecule has 1 unspecified atom stereocenters. The molecular formula is C16H24N4O. The minimum atomic E-state index is 0.00378. The van der Waals surface area contributed by atoms with Crippen molar-refractivity contribution in [2.24, 2.45) is 0 Å². The number of carbonyl (C=O) groups is 1. The maximum Gasteiger partial charge on any atom is 0.253 e. The molecular weight excluding hydrogens is 264 g/mol. The molecule has 3 rings (SSSR count). The van der Waals surface area contributed by atoms with Crippen molar-refractivity contribution in [3.63, 3.8) is 0 Å². The fourth-order valence-corrected chi connectivity index (χ4v) is 2.97. The van der Waals surface area contributed by atoms with E-state index in [1.54, 1.807) is 25.1 Å². The minimum absolute atomic E-state index is 0.00378. The summed E-state index contributed by atoms with van der Waals surface area (Å²) in [5.74, 6) is 0.00378. The summed E-state index contributed by atoms with van der Waals surface area (Å²) in [5, 5.41) is 3.52. The van der Waals surface area contributed by atoms with Crippen LogP contribution in [0.5, 0.6) is 0 Å². The molecule has 1 aromatic carbocycles. The van der Waals surface area contributed by atoms with Crippen molar-refractivity contribution in [1.82, 2.24) is 9.80 Å². The molecule has 1 aliphatic carbocycles. The predicted molar refractivity (Wildman–Crippen MR) is 85.5 cm³/mol. The molecule has 1 aliphatic heterocycles. The van der Waals surface area contributed by atoms with Gasteiger partial charge in [0.2, 0.25) is 0 Å². The molecule has 21 heavy (non-hydrogen) atoms. The highest BCUT2D eigenvalue weighted by Crippen LogP contribution is 2.31. The lowest BCUT2D eigenvalue weighted by Crippen LogP contribution is -2.28. The lowest BCUT2D eigenvalue weighted by Gasteiger charge is -2.19. The number of nitrogens with two attached hydrogens (primary N) is 1. The molecule has 1 aromatic rings. The smallest absolute Gasteiger partial charge is 0.253 e. The standard InChI is InChI=1S/C16H24N4O/c1-19(2)16(21)11-3-6-14(17)15(9-11)18-12-7-8-20(10-12)13-4-5-13/h3,6,9,12-13,18H,4-5,7-8,10,17H2,1-2H3. The first-order valence-corrected chi connectivity index (χ1v) is 7.66. The van der Waals surface area contributed by atoms with Crippen molar-refractivity contribution >= 4 is 17.3 Å². The van der Waals surface area contributed by atoms with Gasteiger partial charge in [0.25, 0.3) is 5.91 Å². The van der Waals surface area contributed by atoms with Crippen LogP contribution in [0.15, 0.2) is 18.2 Å². The fraction of sp³-hybridized carbons (Fsp3) is 0.562. The SMILES string of the molecule is CN(C)C(=O)c1ccc(N)c(NC2CCN(C3CC3)C2)c1. The monoisotopic (exact) mass is 288 g/mol. The molecule has 0 aromatic heterocycles. The number of anilines is 2. The van der Waals surface area contributed by atoms with Crippen LogP contribution in [0.2, 0.25) is 0 Å². The average molecular weight is 288 g/mol. The largest absolute Gasteiger partial charge is 0.397 e. The third-order valence-corrected chi connectivity index (χ3v) is 4.35. The van der Waals surface area contributed by atoms with Gasteiger partial charge in [0.1, 0.15) is 0 Å². The van der Waals surface area contributed by atoms with Crippen LogP contribution in [0.25, 0.3) is 0 Å². The Kier molecular flexibility index (Phi) is 3.76. The van der Waals surface area contributed by atoms with E-state index in [1.165, 1.54) is 19.4 Å². The van der Waals surface area contributed by atoms with E-state index in [9.17, 15) is 4.79 Å². The number of benzene rings is 1. The van der Waals surface area contributed by atoms with E-state index in [1.807, 2.05) is 12.1 Å². The molecule has 5 nitrogen and oxygen atoms in total. The first-order chi connectivity index (χ1) is 10.0. The topological polar surface area (TPSA) is 61.6 Å². The molecule has 0 bridgehead atoms. The van der Waals surface area contributed by atoms with Gasteiger partial charge >= 0.3 is 0 Å². The van der Waals surface area contributed by atoms with Gasteiger partial charge in [-0.3, -0.25) is 9.69 Å². The second kappa shape index (κ2) is 5.56. The predicted octanol–water partition coefficient (Wildman–Crippen LogP) is 1.62. The fourth-order valence-electron chi connectivity index (χ4n) is 2.97. The van der Waals surface area contributed by atoms with E-state index in [2.05, 4.69) is 10.2 Å². The third kappa shape index (κ3) is 3.13. The zero-order chi connectivity index (χ0) is 15.0. The molecule has 1 amide bonds. The van der Waals surface area contributed by atoms with Crippen molar-refractivity contribution in [1.29, 1.82) is 0 Å². The van der Waals surface area contributed by atoms with E-state index in [4.69, 9.17) is 5.73 Å². The highest BCUT2D eigenvalue weighted by atomic mass is 16.2. The molecule has 1 saturated carbocycles. The summed E-state index contributed by atoms with van der Waals surface area (Å²) < 4.78 is 0. The van der Waals surface area contributed by atoms with Crippen LogP contribution in [-0.4, -0.2) is 55.0 Å². The van der Waals surface area contributed by atoms with Gasteiger partial charge < -0.3 is 16.0 Å². The van der Waals surface area contributed by atoms with Gasteiger partial charge in [0.15, 0.2) is 0 Å². The van der Waals surface area contributed by atoms with E-state index in [0.29, 0.717) is 17.3 Å². The number of likely N-dealkylation sites (tertiary alicyclic amines) is 1. The molecule has 1 heterocycles. The summed E-state index contributed by atoms with van der Waals surface area (Å²) in [6.45, 7) is 2.24. The number of hydrogen-bond donors (Lipinski definition) is 2. The van der Waals surface area contributed by atoms with E-state index in [0.717, 1.165) is 24.7 Å². The Bertz CT molecular complexity index is 539. The number of nitrogen functional groups attached to an aromatic ring is 1. The van der Waals surface area contributed by atoms with Gasteiger partial charge in [0, 0.05) is 44.8 Å². The van der Waals surface area contributed by atoms with Crippen molar-refractivity contribution in [3.05, 3.63) is 23.8 Å². The summed E-state index contributed by atoms with van der Waals surface area (Å²) >= 11 is 0. The molecule has 0 spiro atoms. The highest BCUT2D eigenvalue weighted by molar-refractivity contribution is 5.95. The summed E-state index contributed by atoms with van der Waals surface area (Å²) in [5.41, 5.74) is 8.31. The number of rotatable bonds is 4. The van der Waals surface area contributed by atoms with Crippen LogP contribution in [0.4, 0.5) is 11.4 Å². The second-order valence-corrected chi connectivity index (χ2v) is 6.36. The molecule has 0 radical (unpaired) electrons. The van der Waals surface area contributed by atoms with E-state index in [-0.39, 0.29) is 5.91 Å². The first kappa shape index (κ1) is 14.2. The van der Waals surface area contributed by atoms with Crippen LogP contribution < -0.4 is 11.1 Å². The van der Waals surface area contributed by atoms with Crippen molar-refractivity contribution in [2.45, 2.75) is 31.3 Å². The summed E-state index contributed by atoms with van der Waals surface area (Å²) in [7, 11) is 3.52. The third-order valence-electron chi connectivity index (χ3n) is 4.35. The number of hydrogen-bond acceptors (Lipinski definition) is 4. The molecule has 1 atom stereocenters. The second-order valence-electron chi connectivity index (χ2n) is 6.36. The Morgan fingerprint density at radius 3 is 2.76 bits per heavy atom. The number of nitrogens with zero attached hydrogens (tertiary/aromatic N) is 2. The van der Waals surface area contributed by atoms with Crippen LogP contribution in [0.1, 0.15) is 29.6 Å². The van der Waals surface area contributed by atoms with E-state index >= 15 is 0 Å². The van der Waals surface area contributed by atoms with E-state index < -0.39 is 0 Å². The maximum absolute atomic E-state index is 12.0. The lowest BCUT2D eigenvalue weighted by atomic mass is 10.1. The molecule has 114 valence electrons. The molecule has 2 aliphatic rings. The molecule has 2 fully saturated rings. The van der Waals surface area contributed by atoms with Crippen LogP contribution in [-0.2, 0) is 0 Å². The minimum Gasteiger partial charge on any atom is -0.397 e. The van der Waals surface area contributed by atoms with Crippen LogP contribution in [0.3, 0.4) is 0 Å². The normalized spacial score (nSPS) is 22.3. The maximum atomic E-state index is 12.0. The molecule has 1 saturated heterocycles. The molecule has 5 heteroatoms. The lowest BCUT2D eigenvalue weighted by molar-refractivity contribution is 0.0827. The average Bonchev–Trinajstić information content (AvgIpc) is 3.21. The summed E-state index contributed by atoms with van der Waals surface area (Å²) in [6.07, 6.45) is 3.84. The Balaban J connectivity index is 1.69. The highest BCUT2D eigenvalue weighted by Gasteiger charge is 2.34. The summed E-state index contributed by atoms with van der Waals surface area (Å²) in [6, 6.07) is 6.71. The van der Waals surface area contributed by atoms with Crippen molar-refractivity contribution < 1.29 is 4.79 Å². The van der Waals surface area contributed by atoms with Crippen molar-refractivity contribution in [3.8, 4) is 0 Å². The quantitative estimate of drug-likeness (QED) is 0.827. The summed E-state index contributed by atoms with van der Waals surface area (Å²) in [4.78, 5) is 16.2. The molecule has 3 N–H and O–H groups in total. The van der Waals surface area contributed by atoms with Crippen molar-refractivity contribution in [2.75, 3.05) is 38.2 Å². The number of nitrogens with one attached hydrogen (secondary N) is 1. The Morgan fingerprint density at radius 2 is 2.10 bits per heavy atom. The Hall–Kier alpha value is -1.75. The van der Waals surface area contributed by atoms with Gasteiger partial charge in [-0.1, -0.05) is 0 Å². The Labute approximate surface area is 126 Å². The number of amides is 1. The zero-order valence-corrected chi connectivity index (χ0v) is 12.8.